The highest BCUT2D eigenvalue weighted by atomic mass is 35.5. The van der Waals surface area contributed by atoms with Gasteiger partial charge in [0, 0.05) is 60.2 Å². The van der Waals surface area contributed by atoms with Crippen LogP contribution in [0.1, 0.15) is 25.0 Å². The first-order chi connectivity index (χ1) is 20.2. The topological polar surface area (TPSA) is 109 Å². The number of aliphatic hydroxyl groups excluding tert-OH is 2. The third-order valence-electron chi connectivity index (χ3n) is 6.59. The molecule has 4 rings (SSSR count). The molecule has 4 N–H and O–H groups in total. The largest absolute Gasteiger partial charge is 0.497 e. The quantitative estimate of drug-likeness (QED) is 0.152. The average molecular weight is 612 g/mol. The molecule has 8 nitrogen and oxygen atoms in total. The maximum atomic E-state index is 9.59. The van der Waals surface area contributed by atoms with Crippen LogP contribution in [0, 0.1) is 0 Å². The molecule has 2 heterocycles. The van der Waals surface area contributed by atoms with Gasteiger partial charge in [-0.3, -0.25) is 4.98 Å². The lowest BCUT2D eigenvalue weighted by Crippen LogP contribution is -2.24. The molecule has 0 aliphatic rings. The molecule has 10 heteroatoms. The van der Waals surface area contributed by atoms with Crippen LogP contribution in [0.15, 0.2) is 60.8 Å². The minimum atomic E-state index is -0.450. The molecular formula is C32H36Cl2N4O4. The summed E-state index contributed by atoms with van der Waals surface area (Å²) in [6.45, 7) is 5.45. The van der Waals surface area contributed by atoms with Crippen molar-refractivity contribution in [3.05, 3.63) is 82.0 Å². The Kier molecular flexibility index (Phi) is 11.2. The third-order valence-corrected chi connectivity index (χ3v) is 7.38. The smallest absolute Gasteiger partial charge is 0.218 e. The molecule has 2 atom stereocenters. The van der Waals surface area contributed by atoms with Crippen LogP contribution >= 0.6 is 23.2 Å². The van der Waals surface area contributed by atoms with E-state index in [-0.39, 0.29) is 0 Å². The van der Waals surface area contributed by atoms with E-state index in [1.54, 1.807) is 34.3 Å². The summed E-state index contributed by atoms with van der Waals surface area (Å²) in [5.41, 5.74) is 6.11. The van der Waals surface area contributed by atoms with Gasteiger partial charge in [-0.1, -0.05) is 47.5 Å². The minimum absolute atomic E-state index is 0.449. The third kappa shape index (κ3) is 7.77. The van der Waals surface area contributed by atoms with Crippen molar-refractivity contribution in [3.8, 4) is 45.3 Å². The first kappa shape index (κ1) is 31.7. The van der Waals surface area contributed by atoms with Gasteiger partial charge in [0.2, 0.25) is 5.88 Å². The second kappa shape index (κ2) is 14.8. The van der Waals surface area contributed by atoms with Gasteiger partial charge in [0.15, 0.2) is 0 Å². The van der Waals surface area contributed by atoms with Crippen molar-refractivity contribution in [2.45, 2.75) is 39.1 Å². The molecule has 0 aliphatic heterocycles. The molecular weight excluding hydrogens is 575 g/mol. The van der Waals surface area contributed by atoms with E-state index in [1.807, 2.05) is 54.6 Å². The van der Waals surface area contributed by atoms with Gasteiger partial charge in [0.05, 0.1) is 47.9 Å². The molecule has 0 saturated carbocycles. The first-order valence-electron chi connectivity index (χ1n) is 13.6. The van der Waals surface area contributed by atoms with Gasteiger partial charge in [-0.15, -0.1) is 0 Å². The number of nitrogens with zero attached hydrogens (tertiary/aromatic N) is 2. The zero-order valence-corrected chi connectivity index (χ0v) is 25.6. The lowest BCUT2D eigenvalue weighted by Gasteiger charge is -2.15. The Morgan fingerprint density at radius 2 is 1.50 bits per heavy atom. The van der Waals surface area contributed by atoms with Crippen molar-refractivity contribution in [2.75, 3.05) is 27.3 Å². The number of pyridine rings is 2. The number of rotatable bonds is 13. The highest BCUT2D eigenvalue weighted by Crippen LogP contribution is 2.42. The number of hydrogen-bond donors (Lipinski definition) is 4. The van der Waals surface area contributed by atoms with Gasteiger partial charge >= 0.3 is 0 Å². The molecule has 0 aliphatic carbocycles. The molecule has 0 spiro atoms. The lowest BCUT2D eigenvalue weighted by atomic mass is 9.99. The fraction of sp³-hybridized carbons (Fsp3) is 0.312. The van der Waals surface area contributed by atoms with Crippen molar-refractivity contribution < 1.29 is 19.7 Å². The molecule has 222 valence electrons. The predicted octanol–water partition coefficient (Wildman–Crippen LogP) is 5.74. The number of nitrogens with one attached hydrogen (secondary N) is 2. The van der Waals surface area contributed by atoms with Crippen molar-refractivity contribution in [1.82, 2.24) is 20.6 Å². The van der Waals surface area contributed by atoms with E-state index in [4.69, 9.17) is 37.7 Å². The van der Waals surface area contributed by atoms with Gasteiger partial charge in [-0.2, -0.15) is 0 Å². The molecule has 2 aromatic carbocycles. The first-order valence-corrected chi connectivity index (χ1v) is 14.4. The van der Waals surface area contributed by atoms with Gasteiger partial charge in [0.1, 0.15) is 5.75 Å². The number of aliphatic hydroxyl groups is 2. The number of halogens is 2. The zero-order valence-electron chi connectivity index (χ0n) is 24.1. The van der Waals surface area contributed by atoms with Gasteiger partial charge in [-0.25, -0.2) is 4.98 Å². The number of hydrogen-bond acceptors (Lipinski definition) is 8. The summed E-state index contributed by atoms with van der Waals surface area (Å²) < 4.78 is 11.1. The summed E-state index contributed by atoms with van der Waals surface area (Å²) in [6.07, 6.45) is 0.810. The summed E-state index contributed by atoms with van der Waals surface area (Å²) in [6, 6.07) is 17.2. The highest BCUT2D eigenvalue weighted by molar-refractivity contribution is 6.39. The molecule has 4 aromatic rings. The second-order valence-corrected chi connectivity index (χ2v) is 10.8. The van der Waals surface area contributed by atoms with Crippen LogP contribution in [-0.4, -0.2) is 59.7 Å². The van der Waals surface area contributed by atoms with Crippen LogP contribution in [0.25, 0.3) is 33.6 Å². The maximum absolute atomic E-state index is 9.59. The van der Waals surface area contributed by atoms with Crippen LogP contribution in [0.5, 0.6) is 11.6 Å². The molecule has 0 saturated heterocycles. The highest BCUT2D eigenvalue weighted by Gasteiger charge is 2.18. The molecule has 2 aromatic heterocycles. The molecule has 0 amide bonds. The van der Waals surface area contributed by atoms with Crippen LogP contribution in [-0.2, 0) is 13.1 Å². The molecule has 2 unspecified atom stereocenters. The van der Waals surface area contributed by atoms with Crippen LogP contribution in [0.3, 0.4) is 0 Å². The molecule has 42 heavy (non-hydrogen) atoms. The normalized spacial score (nSPS) is 12.7. The Morgan fingerprint density at radius 1 is 0.810 bits per heavy atom. The fourth-order valence-electron chi connectivity index (χ4n) is 4.58. The molecule has 0 radical (unpaired) electrons. The van der Waals surface area contributed by atoms with Crippen LogP contribution in [0.4, 0.5) is 0 Å². The van der Waals surface area contributed by atoms with Gasteiger partial charge in [0.25, 0.3) is 0 Å². The Balaban J connectivity index is 1.69. The number of ether oxygens (including phenoxy) is 2. The number of methoxy groups -OCH3 is 2. The van der Waals surface area contributed by atoms with E-state index in [0.717, 1.165) is 33.4 Å². The summed E-state index contributed by atoms with van der Waals surface area (Å²) >= 11 is 14.0. The number of benzene rings is 2. The van der Waals surface area contributed by atoms with Gasteiger partial charge < -0.3 is 30.3 Å². The van der Waals surface area contributed by atoms with Crippen molar-refractivity contribution in [1.29, 1.82) is 0 Å². The van der Waals surface area contributed by atoms with Gasteiger partial charge in [-0.05, 0) is 49.7 Å². The standard InChI is InChI=1S/C32H36Cl2N4O4/c1-19(39)15-35-17-21-12-23(14-24(13-21)41-3)31-30(34)26(10-11-37-31)25-6-5-7-27(29(25)33)28-9-8-22(32(38-28)42-4)18-36-16-20(2)40/h5-14,19-20,35-36,39-40H,15-18H2,1-4H3. The van der Waals surface area contributed by atoms with E-state index in [9.17, 15) is 10.2 Å². The van der Waals surface area contributed by atoms with Crippen molar-refractivity contribution >= 4 is 23.2 Å². The summed E-state index contributed by atoms with van der Waals surface area (Å²) in [5, 5.41) is 26.5. The fourth-order valence-corrected chi connectivity index (χ4v) is 5.23. The summed E-state index contributed by atoms with van der Waals surface area (Å²) in [5.74, 6) is 1.15. The summed E-state index contributed by atoms with van der Waals surface area (Å²) in [7, 11) is 3.19. The Bertz CT molecular complexity index is 1510. The van der Waals surface area contributed by atoms with Crippen molar-refractivity contribution in [2.24, 2.45) is 0 Å². The van der Waals surface area contributed by atoms with Crippen LogP contribution in [0.2, 0.25) is 10.0 Å². The Hall–Kier alpha value is -3.24. The molecule has 0 bridgehead atoms. The van der Waals surface area contributed by atoms with Crippen LogP contribution < -0.4 is 20.1 Å². The second-order valence-electron chi connectivity index (χ2n) is 10.1. The van der Waals surface area contributed by atoms with Crippen molar-refractivity contribution in [3.63, 3.8) is 0 Å². The molecule has 0 fully saturated rings. The van der Waals surface area contributed by atoms with E-state index < -0.39 is 12.2 Å². The number of aromatic nitrogens is 2. The predicted molar refractivity (Wildman–Crippen MR) is 168 cm³/mol. The van der Waals surface area contributed by atoms with E-state index in [0.29, 0.717) is 59.2 Å². The monoisotopic (exact) mass is 610 g/mol. The summed E-state index contributed by atoms with van der Waals surface area (Å²) in [4.78, 5) is 9.31. The lowest BCUT2D eigenvalue weighted by molar-refractivity contribution is 0.190. The Morgan fingerprint density at radius 3 is 2.19 bits per heavy atom. The SMILES string of the molecule is COc1cc(CNCC(C)O)cc(-c2nccc(-c3cccc(-c4ccc(CNCC(C)O)c(OC)n4)c3Cl)c2Cl)c1. The average Bonchev–Trinajstić information content (AvgIpc) is 2.97. The zero-order chi connectivity index (χ0) is 30.2. The maximum Gasteiger partial charge on any atom is 0.218 e. The minimum Gasteiger partial charge on any atom is -0.497 e. The van der Waals surface area contributed by atoms with E-state index in [2.05, 4.69) is 15.6 Å². The Labute approximate surface area is 256 Å². The van der Waals surface area contributed by atoms with E-state index >= 15 is 0 Å². The van der Waals surface area contributed by atoms with E-state index in [1.165, 1.54) is 0 Å².